The number of carboxylic acids is 3. The molecule has 0 saturated carbocycles. The first-order valence-corrected chi connectivity index (χ1v) is 51.2. The van der Waals surface area contributed by atoms with Crippen LogP contribution < -0.4 is 53.9 Å². The monoisotopic (exact) mass is 2100 g/mol. The summed E-state index contributed by atoms with van der Waals surface area (Å²) < 4.78 is 34.2. The largest absolute Gasteiger partial charge is 0.507 e. The maximum atomic E-state index is 14.1. The maximum absolute atomic E-state index is 14.1. The minimum Gasteiger partial charge on any atom is -0.507 e. The minimum atomic E-state index is -2.18. The summed E-state index contributed by atoms with van der Waals surface area (Å²) in [6.45, 7) is 5.96. The molecular formula is C96H104N16O31S4. The van der Waals surface area contributed by atoms with Crippen LogP contribution in [0.2, 0.25) is 0 Å². The highest BCUT2D eigenvalue weighted by molar-refractivity contribution is 8.77. The number of hydrogen-bond acceptors (Lipinski definition) is 42. The molecule has 4 aromatic carbocycles. The Morgan fingerprint density at radius 2 is 1.27 bits per heavy atom. The number of carboxylic acid groups (broad SMARTS) is 3. The van der Waals surface area contributed by atoms with E-state index in [1.165, 1.54) is 66.9 Å². The number of phenolic OH excluding ortho intramolecular Hbond substituents is 2. The van der Waals surface area contributed by atoms with E-state index in [4.69, 9.17) is 49.5 Å². The van der Waals surface area contributed by atoms with Crippen molar-refractivity contribution in [2.24, 2.45) is 11.8 Å². The predicted octanol–water partition coefficient (Wildman–Crippen LogP) is 3.55. The molecule has 13 atom stereocenters. The number of nitrogens with zero attached hydrogens (tertiary/aromatic N) is 7. The highest BCUT2D eigenvalue weighted by Crippen LogP contribution is 2.57. The van der Waals surface area contributed by atoms with E-state index in [0.717, 1.165) is 39.6 Å². The fraction of sp³-hybridized carbons (Fsp3) is 0.427. The number of carbonyl (C=O) groups is 14. The number of fused-ring (bicyclic) bond motifs is 9. The van der Waals surface area contributed by atoms with Crippen LogP contribution in [0.25, 0.3) is 22.3 Å². The number of methoxy groups -OCH3 is 2. The third kappa shape index (κ3) is 25.3. The van der Waals surface area contributed by atoms with Crippen LogP contribution in [-0.2, 0) is 109 Å². The van der Waals surface area contributed by atoms with Crippen LogP contribution in [0.1, 0.15) is 178 Å². The van der Waals surface area contributed by atoms with E-state index in [9.17, 15) is 112 Å². The molecule has 0 radical (unpaired) electrons. The number of rotatable bonds is 43. The molecule has 7 aliphatic rings. The van der Waals surface area contributed by atoms with Gasteiger partial charge >= 0.3 is 36.1 Å². The second-order valence-electron chi connectivity index (χ2n) is 35.3. The number of piperazine rings is 1. The first-order valence-electron chi connectivity index (χ1n) is 46.2. The average Bonchev–Trinajstić information content (AvgIpc) is 1.50. The van der Waals surface area contributed by atoms with Crippen molar-refractivity contribution in [2.45, 2.75) is 184 Å². The molecule has 4 aliphatic heterocycles. The zero-order chi connectivity index (χ0) is 106. The van der Waals surface area contributed by atoms with Crippen LogP contribution in [0, 0.1) is 11.8 Å². The fourth-order valence-electron chi connectivity index (χ4n) is 18.3. The number of H-pyrrole nitrogens is 2. The van der Waals surface area contributed by atoms with E-state index in [-0.39, 0.29) is 166 Å². The van der Waals surface area contributed by atoms with Crippen molar-refractivity contribution in [1.29, 1.82) is 0 Å². The molecule has 4 aromatic heterocycles. The fourth-order valence-corrected chi connectivity index (χ4v) is 22.5. The molecule has 3 saturated heterocycles. The number of phenols is 2. The number of aromatic hydroxyl groups is 2. The molecule has 0 spiro atoms. The number of anilines is 2. The van der Waals surface area contributed by atoms with Gasteiger partial charge in [-0.3, -0.25) is 72.3 Å². The lowest BCUT2D eigenvalue weighted by Gasteiger charge is -2.42. The van der Waals surface area contributed by atoms with Crippen LogP contribution in [-0.4, -0.2) is 293 Å². The lowest BCUT2D eigenvalue weighted by Crippen LogP contribution is -2.55. The number of carbonyl (C=O) groups excluding carboxylic acids is 13. The highest BCUT2D eigenvalue weighted by atomic mass is 33.1. The number of alkyl carbamates (subject to hydrolysis) is 1. The number of ether oxygens (including phenoxy) is 6. The summed E-state index contributed by atoms with van der Waals surface area (Å²) in [5, 5.41) is 89.1. The zero-order valence-electron chi connectivity index (χ0n) is 79.8. The van der Waals surface area contributed by atoms with Gasteiger partial charge < -0.3 is 107 Å². The van der Waals surface area contributed by atoms with Crippen molar-refractivity contribution < 1.29 is 141 Å². The van der Waals surface area contributed by atoms with Crippen LogP contribution in [0.15, 0.2) is 111 Å². The number of aromatic nitrogens is 8. The smallest absolute Gasteiger partial charge is 0.407 e. The van der Waals surface area contributed by atoms with Crippen LogP contribution in [0.5, 0.6) is 17.2 Å². The molecular weight excluding hydrogens is 2000 g/mol. The summed E-state index contributed by atoms with van der Waals surface area (Å²) >= 11 is 0. The molecule has 3 aliphatic carbocycles. The van der Waals surface area contributed by atoms with Crippen molar-refractivity contribution in [3.63, 3.8) is 0 Å². The molecule has 15 rings (SSSR count). The summed E-state index contributed by atoms with van der Waals surface area (Å²) in [7, 11) is 7.67. The number of nitrogen functional groups attached to an aromatic ring is 2. The second kappa shape index (κ2) is 48.4. The summed E-state index contributed by atoms with van der Waals surface area (Å²) in [5.74, 6) is -12.0. The number of ketones is 6. The van der Waals surface area contributed by atoms with Gasteiger partial charge in [-0.25, -0.2) is 34.3 Å². The van der Waals surface area contributed by atoms with Gasteiger partial charge in [-0.05, 0) is 101 Å². The summed E-state index contributed by atoms with van der Waals surface area (Å²) in [6, 6.07) is 14.2. The van der Waals surface area contributed by atoms with Crippen LogP contribution >= 0.6 is 43.2 Å². The van der Waals surface area contributed by atoms with Crippen molar-refractivity contribution in [3.05, 3.63) is 189 Å². The number of nitrogens with one attached hydrogen (secondary N) is 7. The number of benzene rings is 4. The maximum Gasteiger partial charge on any atom is 0.407 e. The van der Waals surface area contributed by atoms with E-state index in [2.05, 4.69) is 66.5 Å². The first-order chi connectivity index (χ1) is 70.1. The Balaban J connectivity index is 0.000000248. The number of amides is 4. The quantitative estimate of drug-likeness (QED) is 0.00494. The molecule has 0 bridgehead atoms. The topological polar surface area (TPSA) is 739 Å². The van der Waals surface area contributed by atoms with Gasteiger partial charge in [0.15, 0.2) is 57.5 Å². The van der Waals surface area contributed by atoms with Crippen molar-refractivity contribution in [3.8, 4) is 17.2 Å². The number of aliphatic carboxylic acids is 3. The van der Waals surface area contributed by atoms with Gasteiger partial charge in [0.05, 0.1) is 89.4 Å². The summed E-state index contributed by atoms with van der Waals surface area (Å²) in [6.07, 6.45) is -2.01. The Kier molecular flexibility index (Phi) is 36.2. The van der Waals surface area contributed by atoms with Crippen molar-refractivity contribution >= 4 is 166 Å². The number of Topliss-reactive ketones (excluding diaryl/α,β-unsaturated/α-hetero) is 4. The average molecular weight is 2110 g/mol. The third-order valence-corrected chi connectivity index (χ3v) is 30.7. The molecule has 18 N–H and O–H groups in total. The first kappa shape index (κ1) is 110. The molecule has 51 heteroatoms. The van der Waals surface area contributed by atoms with Gasteiger partial charge in [0.1, 0.15) is 54.3 Å². The SMILES string of the molecule is CO[C@@]12[C@H](COC(C)=O)C3=C(C(=O)C(C)=C(CCCSSC[C@@H](NC(=O)CCCNC(=O)c4ccc(CCc5cnc6nc(N)[nH]c(=O)c6n5)cc4)C(=O)O)C3=O)N1C[C@@H]1N[C@@H]12.COc1cccc2c1C(=O)c1c(O)c3c(c(O)c1C2=O)C[C@@](O)(C(C)=O)CC3OC1CC(NC(=O)OCCSSCC(NC(=O)CCC(CC(=O)c2ccc(CCc3cnc4nc(N)[nH]c(=O)c4n3)cc2)C(=O)O)C(=O)O)C(O)C(C)O1.O=C=O. The zero-order valence-corrected chi connectivity index (χ0v) is 83.0. The lowest BCUT2D eigenvalue weighted by molar-refractivity contribution is -0.249. The number of nitrogens with two attached hydrogens (primary N) is 2. The van der Waals surface area contributed by atoms with E-state index in [1.54, 1.807) is 56.6 Å². The summed E-state index contributed by atoms with van der Waals surface area (Å²) in [4.78, 5) is 253. The van der Waals surface area contributed by atoms with Crippen LogP contribution in [0.4, 0.5) is 16.7 Å². The highest BCUT2D eigenvalue weighted by Gasteiger charge is 2.73. The second-order valence-corrected chi connectivity index (χ2v) is 40.5. The minimum absolute atomic E-state index is 0.00981. The lowest BCUT2D eigenvalue weighted by atomic mass is 9.72. The van der Waals surface area contributed by atoms with E-state index in [0.29, 0.717) is 96.6 Å². The van der Waals surface area contributed by atoms with Gasteiger partial charge in [-0.15, -0.1) is 0 Å². The Morgan fingerprint density at radius 3 is 1.84 bits per heavy atom. The Hall–Kier alpha value is -14.3. The molecule has 778 valence electrons. The van der Waals surface area contributed by atoms with Gasteiger partial charge in [-0.1, -0.05) is 91.7 Å². The molecule has 47 nitrogen and oxygen atoms in total. The number of allylic oxidation sites excluding steroid dienone is 2. The number of aromatic amines is 2. The molecule has 3 fully saturated rings. The standard InChI is InChI=1S/C54H57N7O19S2.C41H47N9O10S2.CO2/c1-23-43(65)31(18-37(79-23)80-35-20-54(76,24(2)62)19-30-39(35)47(69)41-40(45(30)67)44(66)29-5-4-6-34(77-3)38(29)46(41)68)59-53(75)78-15-16-81-82-22-32(51(73)74)58-36(64)14-12-27(50(71)72)17-33(63)26-10-7-25(8-11-26)9-13-28-21-56-48-42(57-28)49(70)61-52(55)60-48;1-20-25(34(54)30-26(18-60-21(2)51)41(59-3)35-27(47-35)17-50(41)32(30)33(20)53)6-5-15-61-62-19-28(39(57)58)46-29(52)7-4-14-43-37(55)23-11-8-22(9-12-23)10-13-24-16-44-36-31(45-24)38(56)49-40(42)48-36;2-1-3/h4-8,10-11,21,23,27,31-32,35,37,43,65,67,69,76H,9,12-20,22H2,1-3H3,(H,58,64)(H,59,75)(H,71,72)(H,73,74)(H3,55,56,60,61,70);8-9,11-12,16,26-28,35,47H,4-7,10,13-15,17-19H2,1-3H3,(H,43,55)(H,46,52)(H,57,58)(H3,42,44,48,49,56);/t23?,27?,31?,32?,35?,37?,43?,54-;26-,27+,28-,35+,41-;/m01./s1. The number of esters is 1. The van der Waals surface area contributed by atoms with Gasteiger partial charge in [0.25, 0.3) is 17.0 Å². The molecule has 147 heavy (non-hydrogen) atoms. The van der Waals surface area contributed by atoms with Gasteiger partial charge in [0, 0.05) is 139 Å². The van der Waals surface area contributed by atoms with Crippen molar-refractivity contribution in [1.82, 2.24) is 71.4 Å². The van der Waals surface area contributed by atoms with Gasteiger partial charge in [-0.2, -0.15) is 19.6 Å². The number of aliphatic hydroxyl groups is 2. The van der Waals surface area contributed by atoms with Gasteiger partial charge in [0.2, 0.25) is 35.3 Å². The summed E-state index contributed by atoms with van der Waals surface area (Å²) in [5.41, 5.74) is 10.7. The predicted molar refractivity (Wildman–Crippen MR) is 524 cm³/mol. The molecule has 4 amide bonds. The van der Waals surface area contributed by atoms with Crippen molar-refractivity contribution in [2.75, 3.05) is 75.0 Å². The Morgan fingerprint density at radius 1 is 0.687 bits per heavy atom. The molecule has 8 aromatic rings. The van der Waals surface area contributed by atoms with Crippen LogP contribution in [0.3, 0.4) is 0 Å². The number of aryl methyl sites for hydroxylation is 4. The Bertz CT molecular complexity index is 6760. The van der Waals surface area contributed by atoms with E-state index < -0.39 is 184 Å². The number of hydrogen-bond donors (Lipinski definition) is 16. The molecule has 8 heterocycles. The Labute approximate surface area is 850 Å². The number of aliphatic hydroxyl groups excluding tert-OH is 1. The normalized spacial score (nSPS) is 20.8. The van der Waals surface area contributed by atoms with E-state index >= 15 is 0 Å². The molecule has 7 unspecified atom stereocenters. The van der Waals surface area contributed by atoms with E-state index in [1.807, 2.05) is 17.0 Å². The third-order valence-electron chi connectivity index (χ3n) is 25.8.